The number of pyridine rings is 1. The molecule has 2 aliphatic heterocycles. The maximum Gasteiger partial charge on any atom is 0.164 e. The van der Waals surface area contributed by atoms with Crippen LogP contribution in [0.5, 0.6) is 0 Å². The van der Waals surface area contributed by atoms with Crippen molar-refractivity contribution in [2.45, 2.75) is 13.1 Å². The van der Waals surface area contributed by atoms with Gasteiger partial charge in [-0.2, -0.15) is 0 Å². The first-order chi connectivity index (χ1) is 16.7. The Morgan fingerprint density at radius 2 is 1.15 bits per heavy atom. The standard InChI is InChI=1S/C25H23Cl2N5S2/c26-20-8-1-3-10-22(20)29-24-31(12-14-33-24)16-18-6-5-7-19(28-18)17-32-13-15-34-25(32)30-23-11-4-2-9-21(23)27/h1-11H,12-17H2. The Hall–Kier alpha value is -2.19. The lowest BCUT2D eigenvalue weighted by Crippen LogP contribution is -2.26. The minimum Gasteiger partial charge on any atom is -0.344 e. The molecule has 3 heterocycles. The van der Waals surface area contributed by atoms with Crippen molar-refractivity contribution in [3.8, 4) is 0 Å². The molecule has 0 radical (unpaired) electrons. The zero-order valence-electron chi connectivity index (χ0n) is 18.4. The highest BCUT2D eigenvalue weighted by Gasteiger charge is 2.23. The van der Waals surface area contributed by atoms with Crippen molar-refractivity contribution >= 4 is 68.4 Å². The second-order valence-electron chi connectivity index (χ2n) is 7.85. The summed E-state index contributed by atoms with van der Waals surface area (Å²) < 4.78 is 0. The Labute approximate surface area is 218 Å². The van der Waals surface area contributed by atoms with Gasteiger partial charge in [-0.1, -0.05) is 77.1 Å². The molecule has 34 heavy (non-hydrogen) atoms. The van der Waals surface area contributed by atoms with Gasteiger partial charge in [-0.05, 0) is 36.4 Å². The van der Waals surface area contributed by atoms with Crippen molar-refractivity contribution in [1.29, 1.82) is 0 Å². The number of benzene rings is 2. The molecule has 174 valence electrons. The molecular formula is C25H23Cl2N5S2. The number of para-hydroxylation sites is 2. The SMILES string of the molecule is Clc1ccccc1N=C1SCCN1Cc1cccc(CN2CCSC2=Nc2ccccc2Cl)n1. The van der Waals surface area contributed by atoms with E-state index < -0.39 is 0 Å². The Morgan fingerprint density at radius 1 is 0.676 bits per heavy atom. The first kappa shape index (κ1) is 23.5. The lowest BCUT2D eigenvalue weighted by atomic mass is 10.2. The van der Waals surface area contributed by atoms with Gasteiger partial charge in [0, 0.05) is 24.6 Å². The van der Waals surface area contributed by atoms with Crippen LogP contribution in [0.15, 0.2) is 76.7 Å². The third kappa shape index (κ3) is 5.71. The molecule has 2 aromatic carbocycles. The summed E-state index contributed by atoms with van der Waals surface area (Å²) >= 11 is 16.1. The van der Waals surface area contributed by atoms with Crippen molar-refractivity contribution < 1.29 is 0 Å². The van der Waals surface area contributed by atoms with E-state index in [0.29, 0.717) is 10.0 Å². The molecular weight excluding hydrogens is 505 g/mol. The fourth-order valence-electron chi connectivity index (χ4n) is 3.75. The van der Waals surface area contributed by atoms with Crippen LogP contribution in [0.1, 0.15) is 11.4 Å². The van der Waals surface area contributed by atoms with Gasteiger partial charge >= 0.3 is 0 Å². The minimum atomic E-state index is 0.667. The molecule has 9 heteroatoms. The normalized spacial score (nSPS) is 18.4. The van der Waals surface area contributed by atoms with Crippen molar-refractivity contribution in [1.82, 2.24) is 14.8 Å². The highest BCUT2D eigenvalue weighted by Crippen LogP contribution is 2.30. The van der Waals surface area contributed by atoms with E-state index in [0.717, 1.165) is 70.8 Å². The summed E-state index contributed by atoms with van der Waals surface area (Å²) in [7, 11) is 0. The first-order valence-electron chi connectivity index (χ1n) is 11.0. The van der Waals surface area contributed by atoms with Crippen LogP contribution in [-0.4, -0.2) is 49.7 Å². The van der Waals surface area contributed by atoms with Crippen molar-refractivity contribution in [2.75, 3.05) is 24.6 Å². The maximum atomic E-state index is 6.31. The first-order valence-corrected chi connectivity index (χ1v) is 13.8. The molecule has 0 amide bonds. The summed E-state index contributed by atoms with van der Waals surface area (Å²) in [6.07, 6.45) is 0. The monoisotopic (exact) mass is 527 g/mol. The molecule has 0 atom stereocenters. The van der Waals surface area contributed by atoms with Crippen molar-refractivity contribution in [2.24, 2.45) is 9.98 Å². The van der Waals surface area contributed by atoms with Crippen LogP contribution in [-0.2, 0) is 13.1 Å². The van der Waals surface area contributed by atoms with E-state index in [4.69, 9.17) is 38.2 Å². The quantitative estimate of drug-likeness (QED) is 0.350. The molecule has 2 saturated heterocycles. The number of nitrogens with zero attached hydrogens (tertiary/aromatic N) is 5. The van der Waals surface area contributed by atoms with E-state index in [2.05, 4.69) is 28.0 Å². The maximum absolute atomic E-state index is 6.31. The van der Waals surface area contributed by atoms with E-state index in [-0.39, 0.29) is 0 Å². The summed E-state index contributed by atoms with van der Waals surface area (Å²) in [6.45, 7) is 3.33. The molecule has 5 nitrogen and oxygen atoms in total. The summed E-state index contributed by atoms with van der Waals surface area (Å²) in [5.41, 5.74) is 3.67. The number of aromatic nitrogens is 1. The molecule has 0 bridgehead atoms. The van der Waals surface area contributed by atoms with Crippen molar-refractivity contribution in [3.05, 3.63) is 88.2 Å². The van der Waals surface area contributed by atoms with Gasteiger partial charge in [-0.3, -0.25) is 4.98 Å². The van der Waals surface area contributed by atoms with Gasteiger partial charge in [0.05, 0.1) is 45.9 Å². The third-order valence-corrected chi connectivity index (χ3v) is 8.06. The van der Waals surface area contributed by atoms with Crippen LogP contribution >= 0.6 is 46.7 Å². The number of halogens is 2. The van der Waals surface area contributed by atoms with Gasteiger partial charge < -0.3 is 9.80 Å². The average Bonchev–Trinajstić information content (AvgIpc) is 3.46. The van der Waals surface area contributed by atoms with E-state index in [9.17, 15) is 0 Å². The zero-order chi connectivity index (χ0) is 23.3. The topological polar surface area (TPSA) is 44.1 Å². The van der Waals surface area contributed by atoms with E-state index >= 15 is 0 Å². The summed E-state index contributed by atoms with van der Waals surface area (Å²) in [4.78, 5) is 19.1. The molecule has 3 aromatic rings. The number of hydrogen-bond acceptors (Lipinski definition) is 5. The Morgan fingerprint density at radius 3 is 1.62 bits per heavy atom. The molecule has 1 aromatic heterocycles. The lowest BCUT2D eigenvalue weighted by Gasteiger charge is -2.20. The molecule has 0 unspecified atom stereocenters. The van der Waals surface area contributed by atoms with Crippen LogP contribution < -0.4 is 0 Å². The molecule has 2 fully saturated rings. The number of rotatable bonds is 6. The molecule has 5 rings (SSSR count). The number of amidine groups is 2. The molecule has 0 saturated carbocycles. The van der Waals surface area contributed by atoms with E-state index in [1.54, 1.807) is 23.5 Å². The predicted molar refractivity (Wildman–Crippen MR) is 147 cm³/mol. The number of hydrogen-bond donors (Lipinski definition) is 0. The Kier molecular flexibility index (Phi) is 7.64. The minimum absolute atomic E-state index is 0.667. The van der Waals surface area contributed by atoms with E-state index in [1.807, 2.05) is 48.5 Å². The van der Waals surface area contributed by atoms with Gasteiger partial charge in [-0.25, -0.2) is 9.98 Å². The summed E-state index contributed by atoms with van der Waals surface area (Å²) in [6, 6.07) is 21.6. The largest absolute Gasteiger partial charge is 0.344 e. The molecule has 0 N–H and O–H groups in total. The van der Waals surface area contributed by atoms with Gasteiger partial charge in [0.15, 0.2) is 10.3 Å². The Bertz CT molecular complexity index is 1140. The zero-order valence-corrected chi connectivity index (χ0v) is 21.5. The smallest absolute Gasteiger partial charge is 0.164 e. The Balaban J connectivity index is 1.29. The fourth-order valence-corrected chi connectivity index (χ4v) is 6.10. The van der Waals surface area contributed by atoms with Crippen LogP contribution in [0, 0.1) is 0 Å². The van der Waals surface area contributed by atoms with Gasteiger partial charge in [0.25, 0.3) is 0 Å². The van der Waals surface area contributed by atoms with Crippen LogP contribution in [0.3, 0.4) is 0 Å². The number of aliphatic imine (C=N–C) groups is 2. The molecule has 0 spiro atoms. The highest BCUT2D eigenvalue weighted by molar-refractivity contribution is 8.14. The van der Waals surface area contributed by atoms with Gasteiger partial charge in [0.1, 0.15) is 0 Å². The summed E-state index contributed by atoms with van der Waals surface area (Å²) in [5.74, 6) is 2.02. The van der Waals surface area contributed by atoms with Gasteiger partial charge in [-0.15, -0.1) is 0 Å². The van der Waals surface area contributed by atoms with Gasteiger partial charge in [0.2, 0.25) is 0 Å². The van der Waals surface area contributed by atoms with Crippen LogP contribution in [0.2, 0.25) is 10.0 Å². The predicted octanol–water partition coefficient (Wildman–Crippen LogP) is 6.86. The molecule has 2 aliphatic rings. The van der Waals surface area contributed by atoms with E-state index in [1.165, 1.54) is 0 Å². The second kappa shape index (κ2) is 11.0. The average molecular weight is 529 g/mol. The fraction of sp³-hybridized carbons (Fsp3) is 0.240. The highest BCUT2D eigenvalue weighted by atomic mass is 35.5. The van der Waals surface area contributed by atoms with Crippen molar-refractivity contribution in [3.63, 3.8) is 0 Å². The second-order valence-corrected chi connectivity index (χ2v) is 10.8. The number of thioether (sulfide) groups is 2. The van der Waals surface area contributed by atoms with Crippen LogP contribution in [0.25, 0.3) is 0 Å². The van der Waals surface area contributed by atoms with Crippen LogP contribution in [0.4, 0.5) is 11.4 Å². The lowest BCUT2D eigenvalue weighted by molar-refractivity contribution is 0.436. The summed E-state index contributed by atoms with van der Waals surface area (Å²) in [5, 5.41) is 3.32. The third-order valence-electron chi connectivity index (χ3n) is 5.43. The molecule has 0 aliphatic carbocycles.